The molecule has 0 aliphatic carbocycles. The third kappa shape index (κ3) is 4.86. The quantitative estimate of drug-likeness (QED) is 0.670. The van der Waals surface area contributed by atoms with Crippen LogP contribution in [0.5, 0.6) is 0 Å². The number of pyridine rings is 1. The van der Waals surface area contributed by atoms with Crippen molar-refractivity contribution in [1.29, 1.82) is 0 Å². The SMILES string of the molecule is C=CCN(CC(=O)O)C(=O)c1cc(Cl)nc(C(C)(C)C)c1. The molecule has 0 saturated heterocycles. The molecule has 1 aromatic heterocycles. The van der Waals surface area contributed by atoms with Crippen LogP contribution in [0.4, 0.5) is 0 Å². The van der Waals surface area contributed by atoms with E-state index < -0.39 is 18.4 Å². The third-order valence-corrected chi connectivity index (χ3v) is 2.97. The predicted molar refractivity (Wildman–Crippen MR) is 81.7 cm³/mol. The molecule has 6 heteroatoms. The molecule has 0 spiro atoms. The van der Waals surface area contributed by atoms with Crippen molar-refractivity contribution in [3.63, 3.8) is 0 Å². The summed E-state index contributed by atoms with van der Waals surface area (Å²) < 4.78 is 0. The summed E-state index contributed by atoms with van der Waals surface area (Å²) in [7, 11) is 0. The molecule has 0 radical (unpaired) electrons. The predicted octanol–water partition coefficient (Wildman–Crippen LogP) is 2.75. The first-order valence-corrected chi connectivity index (χ1v) is 6.83. The molecule has 114 valence electrons. The topological polar surface area (TPSA) is 70.5 Å². The molecule has 0 fully saturated rings. The zero-order valence-corrected chi connectivity index (χ0v) is 13.1. The molecule has 1 heterocycles. The molecule has 21 heavy (non-hydrogen) atoms. The second-order valence-electron chi connectivity index (χ2n) is 5.68. The number of aromatic nitrogens is 1. The number of carboxylic acids is 1. The Morgan fingerprint density at radius 3 is 2.52 bits per heavy atom. The summed E-state index contributed by atoms with van der Waals surface area (Å²) >= 11 is 5.97. The molecule has 1 rings (SSSR count). The fraction of sp³-hybridized carbons (Fsp3) is 0.400. The normalized spacial score (nSPS) is 11.0. The van der Waals surface area contributed by atoms with Gasteiger partial charge in [-0.1, -0.05) is 38.4 Å². The number of carbonyl (C=O) groups excluding carboxylic acids is 1. The van der Waals surface area contributed by atoms with Crippen molar-refractivity contribution in [2.24, 2.45) is 0 Å². The summed E-state index contributed by atoms with van der Waals surface area (Å²) in [5.74, 6) is -1.49. The largest absolute Gasteiger partial charge is 0.480 e. The number of rotatable bonds is 5. The van der Waals surface area contributed by atoms with Gasteiger partial charge in [0.1, 0.15) is 11.7 Å². The summed E-state index contributed by atoms with van der Waals surface area (Å²) in [6.07, 6.45) is 1.48. The van der Waals surface area contributed by atoms with Gasteiger partial charge in [-0.05, 0) is 12.1 Å². The second kappa shape index (κ2) is 6.72. The minimum Gasteiger partial charge on any atom is -0.480 e. The first-order valence-electron chi connectivity index (χ1n) is 6.45. The van der Waals surface area contributed by atoms with Crippen LogP contribution in [0, 0.1) is 0 Å². The van der Waals surface area contributed by atoms with Gasteiger partial charge in [-0.15, -0.1) is 6.58 Å². The van der Waals surface area contributed by atoms with Gasteiger partial charge < -0.3 is 10.0 Å². The van der Waals surface area contributed by atoms with E-state index in [1.807, 2.05) is 20.8 Å². The number of nitrogens with zero attached hydrogens (tertiary/aromatic N) is 2. The maximum Gasteiger partial charge on any atom is 0.323 e. The lowest BCUT2D eigenvalue weighted by atomic mass is 9.91. The van der Waals surface area contributed by atoms with Crippen LogP contribution >= 0.6 is 11.6 Å². The highest BCUT2D eigenvalue weighted by molar-refractivity contribution is 6.29. The van der Waals surface area contributed by atoms with E-state index in [-0.39, 0.29) is 17.1 Å². The molecule has 5 nitrogen and oxygen atoms in total. The maximum absolute atomic E-state index is 12.4. The van der Waals surface area contributed by atoms with Crippen LogP contribution in [0.2, 0.25) is 5.15 Å². The lowest BCUT2D eigenvalue weighted by Gasteiger charge is -2.22. The summed E-state index contributed by atoms with van der Waals surface area (Å²) in [6.45, 7) is 9.16. The Bertz CT molecular complexity index is 565. The third-order valence-electron chi connectivity index (χ3n) is 2.77. The van der Waals surface area contributed by atoms with E-state index in [1.165, 1.54) is 17.0 Å². The summed E-state index contributed by atoms with van der Waals surface area (Å²) in [4.78, 5) is 28.7. The Morgan fingerprint density at radius 1 is 1.43 bits per heavy atom. The van der Waals surface area contributed by atoms with Crippen LogP contribution in [0.25, 0.3) is 0 Å². The highest BCUT2D eigenvalue weighted by Gasteiger charge is 2.22. The van der Waals surface area contributed by atoms with Crippen molar-refractivity contribution < 1.29 is 14.7 Å². The molecule has 0 unspecified atom stereocenters. The van der Waals surface area contributed by atoms with E-state index in [2.05, 4.69) is 11.6 Å². The highest BCUT2D eigenvalue weighted by Crippen LogP contribution is 2.24. The van der Waals surface area contributed by atoms with E-state index in [9.17, 15) is 9.59 Å². The Hall–Kier alpha value is -1.88. The average molecular weight is 311 g/mol. The first kappa shape index (κ1) is 17.2. The number of hydrogen-bond acceptors (Lipinski definition) is 3. The van der Waals surface area contributed by atoms with Gasteiger partial charge in [-0.25, -0.2) is 4.98 Å². The average Bonchev–Trinajstić information content (AvgIpc) is 2.35. The van der Waals surface area contributed by atoms with Gasteiger partial charge >= 0.3 is 5.97 Å². The zero-order valence-electron chi connectivity index (χ0n) is 12.4. The lowest BCUT2D eigenvalue weighted by Crippen LogP contribution is -2.36. The van der Waals surface area contributed by atoms with Crippen molar-refractivity contribution >= 4 is 23.5 Å². The molecule has 1 amide bonds. The van der Waals surface area contributed by atoms with Crippen LogP contribution in [0.15, 0.2) is 24.8 Å². The van der Waals surface area contributed by atoms with Gasteiger partial charge in [0.25, 0.3) is 5.91 Å². The second-order valence-corrected chi connectivity index (χ2v) is 6.07. The molecule has 1 aromatic rings. The van der Waals surface area contributed by atoms with Crippen LogP contribution < -0.4 is 0 Å². The molecule has 0 aromatic carbocycles. The zero-order chi connectivity index (χ0) is 16.2. The van der Waals surface area contributed by atoms with Crippen LogP contribution in [0.1, 0.15) is 36.8 Å². The number of hydrogen-bond donors (Lipinski definition) is 1. The fourth-order valence-electron chi connectivity index (χ4n) is 1.73. The molecule has 0 saturated carbocycles. The molecular weight excluding hydrogens is 292 g/mol. The van der Waals surface area contributed by atoms with Gasteiger partial charge in [0, 0.05) is 23.2 Å². The van der Waals surface area contributed by atoms with Gasteiger partial charge in [0.15, 0.2) is 0 Å². The number of halogens is 1. The van der Waals surface area contributed by atoms with E-state index in [0.29, 0.717) is 11.3 Å². The number of carbonyl (C=O) groups is 2. The van der Waals surface area contributed by atoms with Crippen molar-refractivity contribution in [2.45, 2.75) is 26.2 Å². The van der Waals surface area contributed by atoms with Gasteiger partial charge in [-0.2, -0.15) is 0 Å². The van der Waals surface area contributed by atoms with Crippen molar-refractivity contribution in [1.82, 2.24) is 9.88 Å². The minimum atomic E-state index is -1.08. The lowest BCUT2D eigenvalue weighted by molar-refractivity contribution is -0.137. The summed E-state index contributed by atoms with van der Waals surface area (Å²) in [6, 6.07) is 3.09. The number of carboxylic acid groups (broad SMARTS) is 1. The van der Waals surface area contributed by atoms with Crippen molar-refractivity contribution in [3.8, 4) is 0 Å². The monoisotopic (exact) mass is 310 g/mol. The Balaban J connectivity index is 3.18. The van der Waals surface area contributed by atoms with E-state index >= 15 is 0 Å². The molecule has 0 aliphatic heterocycles. The fourth-order valence-corrected chi connectivity index (χ4v) is 1.93. The molecule has 0 bridgehead atoms. The summed E-state index contributed by atoms with van der Waals surface area (Å²) in [5, 5.41) is 9.09. The first-order chi connectivity index (χ1) is 9.65. The van der Waals surface area contributed by atoms with Crippen molar-refractivity contribution in [2.75, 3.05) is 13.1 Å². The highest BCUT2D eigenvalue weighted by atomic mass is 35.5. The summed E-state index contributed by atoms with van der Waals surface area (Å²) in [5.41, 5.74) is 0.728. The molecule has 0 aliphatic rings. The maximum atomic E-state index is 12.4. The Kier molecular flexibility index (Phi) is 5.49. The Labute approximate surface area is 129 Å². The Morgan fingerprint density at radius 2 is 2.05 bits per heavy atom. The minimum absolute atomic E-state index is 0.149. The van der Waals surface area contributed by atoms with Gasteiger partial charge in [0.2, 0.25) is 0 Å². The molecular formula is C15H19ClN2O3. The van der Waals surface area contributed by atoms with E-state index in [1.54, 1.807) is 6.07 Å². The van der Waals surface area contributed by atoms with Gasteiger partial charge in [0.05, 0.1) is 0 Å². The number of aliphatic carboxylic acids is 1. The smallest absolute Gasteiger partial charge is 0.323 e. The van der Waals surface area contributed by atoms with Crippen molar-refractivity contribution in [3.05, 3.63) is 41.2 Å². The standard InChI is InChI=1S/C15H19ClN2O3/c1-5-6-18(9-13(19)20)14(21)10-7-11(15(2,3)4)17-12(16)8-10/h5,7-8H,1,6,9H2,2-4H3,(H,19,20). The van der Waals surface area contributed by atoms with Crippen LogP contribution in [-0.4, -0.2) is 40.0 Å². The van der Waals surface area contributed by atoms with Gasteiger partial charge in [-0.3, -0.25) is 9.59 Å². The molecule has 0 atom stereocenters. The van der Waals surface area contributed by atoms with E-state index in [0.717, 1.165) is 0 Å². The molecule has 1 N–H and O–H groups in total. The van der Waals surface area contributed by atoms with E-state index in [4.69, 9.17) is 16.7 Å². The van der Waals surface area contributed by atoms with Crippen LogP contribution in [-0.2, 0) is 10.2 Å². The van der Waals surface area contributed by atoms with Crippen LogP contribution in [0.3, 0.4) is 0 Å². The number of amides is 1.